The van der Waals surface area contributed by atoms with E-state index in [1.165, 1.54) is 5.57 Å². The Bertz CT molecular complexity index is 469. The van der Waals surface area contributed by atoms with Crippen LogP contribution in [0.5, 0.6) is 5.75 Å². The summed E-state index contributed by atoms with van der Waals surface area (Å²) in [4.78, 5) is 11.7. The topological polar surface area (TPSA) is 50.4 Å². The maximum absolute atomic E-state index is 11.7. The van der Waals surface area contributed by atoms with Crippen molar-refractivity contribution in [2.45, 2.75) is 13.3 Å². The lowest BCUT2D eigenvalue weighted by Gasteiger charge is -2.14. The van der Waals surface area contributed by atoms with Gasteiger partial charge in [0.05, 0.1) is 0 Å². The summed E-state index contributed by atoms with van der Waals surface area (Å²) in [5, 5.41) is 6.12. The highest BCUT2D eigenvalue weighted by molar-refractivity contribution is 5.77. The van der Waals surface area contributed by atoms with Crippen molar-refractivity contribution in [1.29, 1.82) is 0 Å². The molecule has 1 amide bonds. The van der Waals surface area contributed by atoms with Gasteiger partial charge in [0.1, 0.15) is 5.75 Å². The van der Waals surface area contributed by atoms with E-state index in [0.29, 0.717) is 6.54 Å². The fourth-order valence-corrected chi connectivity index (χ4v) is 1.95. The highest BCUT2D eigenvalue weighted by Crippen LogP contribution is 2.11. The van der Waals surface area contributed by atoms with Gasteiger partial charge in [0.25, 0.3) is 5.91 Å². The van der Waals surface area contributed by atoms with Gasteiger partial charge in [0, 0.05) is 13.1 Å². The Kier molecular flexibility index (Phi) is 4.98. The zero-order chi connectivity index (χ0) is 13.5. The van der Waals surface area contributed by atoms with Crippen molar-refractivity contribution in [2.24, 2.45) is 0 Å². The molecule has 0 saturated carbocycles. The molecule has 0 radical (unpaired) electrons. The molecule has 19 heavy (non-hydrogen) atoms. The summed E-state index contributed by atoms with van der Waals surface area (Å²) in [6.07, 6.45) is 3.13. The zero-order valence-electron chi connectivity index (χ0n) is 11.2. The molecule has 1 aliphatic heterocycles. The molecule has 2 N–H and O–H groups in total. The second-order valence-electron chi connectivity index (χ2n) is 4.70. The normalized spacial score (nSPS) is 14.7. The van der Waals surface area contributed by atoms with E-state index in [9.17, 15) is 4.79 Å². The molecule has 0 saturated heterocycles. The number of aryl methyl sites for hydroxylation is 1. The minimum Gasteiger partial charge on any atom is -0.484 e. The second-order valence-corrected chi connectivity index (χ2v) is 4.70. The first-order valence-corrected chi connectivity index (χ1v) is 6.59. The van der Waals surface area contributed by atoms with Gasteiger partial charge in [0.15, 0.2) is 6.61 Å². The van der Waals surface area contributed by atoms with Gasteiger partial charge in [-0.2, -0.15) is 0 Å². The lowest BCUT2D eigenvalue weighted by Crippen LogP contribution is -2.32. The summed E-state index contributed by atoms with van der Waals surface area (Å²) in [7, 11) is 0. The van der Waals surface area contributed by atoms with Gasteiger partial charge in [-0.25, -0.2) is 0 Å². The van der Waals surface area contributed by atoms with Crippen LogP contribution in [0.1, 0.15) is 12.0 Å². The maximum atomic E-state index is 11.7. The van der Waals surface area contributed by atoms with E-state index >= 15 is 0 Å². The Balaban J connectivity index is 1.71. The molecule has 1 aromatic carbocycles. The van der Waals surface area contributed by atoms with E-state index in [4.69, 9.17) is 4.74 Å². The molecule has 0 spiro atoms. The maximum Gasteiger partial charge on any atom is 0.258 e. The molecule has 0 bridgehead atoms. The van der Waals surface area contributed by atoms with Crippen molar-refractivity contribution in [3.63, 3.8) is 0 Å². The first kappa shape index (κ1) is 13.6. The Morgan fingerprint density at radius 2 is 2.37 bits per heavy atom. The molecule has 0 aromatic heterocycles. The van der Waals surface area contributed by atoms with Crippen molar-refractivity contribution in [3.8, 4) is 5.75 Å². The van der Waals surface area contributed by atoms with E-state index in [1.54, 1.807) is 0 Å². The largest absolute Gasteiger partial charge is 0.484 e. The Hall–Kier alpha value is -1.81. The van der Waals surface area contributed by atoms with Gasteiger partial charge in [-0.1, -0.05) is 23.8 Å². The van der Waals surface area contributed by atoms with Gasteiger partial charge in [-0.15, -0.1) is 0 Å². The third kappa shape index (κ3) is 4.75. The number of rotatable bonds is 5. The Morgan fingerprint density at radius 1 is 1.47 bits per heavy atom. The molecule has 4 nitrogen and oxygen atoms in total. The summed E-state index contributed by atoms with van der Waals surface area (Å²) in [6, 6.07) is 7.69. The van der Waals surface area contributed by atoms with Crippen LogP contribution in [0, 0.1) is 6.92 Å². The minimum absolute atomic E-state index is 0.0645. The summed E-state index contributed by atoms with van der Waals surface area (Å²) in [5.74, 6) is 0.650. The number of ether oxygens (including phenoxy) is 1. The average Bonchev–Trinajstić information content (AvgIpc) is 2.44. The average molecular weight is 260 g/mol. The van der Waals surface area contributed by atoms with E-state index in [1.807, 2.05) is 31.2 Å². The molecular weight excluding hydrogens is 240 g/mol. The van der Waals surface area contributed by atoms with E-state index < -0.39 is 0 Å². The van der Waals surface area contributed by atoms with Crippen molar-refractivity contribution in [2.75, 3.05) is 26.2 Å². The number of benzene rings is 1. The third-order valence-electron chi connectivity index (χ3n) is 3.03. The number of carbonyl (C=O) groups excluding carboxylic acids is 1. The molecule has 0 atom stereocenters. The zero-order valence-corrected chi connectivity index (χ0v) is 11.2. The number of carbonyl (C=O) groups is 1. The fourth-order valence-electron chi connectivity index (χ4n) is 1.95. The summed E-state index contributed by atoms with van der Waals surface area (Å²) in [5.41, 5.74) is 2.40. The molecular formula is C15H20N2O2. The van der Waals surface area contributed by atoms with Crippen LogP contribution in [-0.2, 0) is 4.79 Å². The number of amides is 1. The molecule has 0 fully saturated rings. The van der Waals surface area contributed by atoms with Gasteiger partial charge < -0.3 is 15.4 Å². The van der Waals surface area contributed by atoms with E-state index in [-0.39, 0.29) is 12.5 Å². The van der Waals surface area contributed by atoms with E-state index in [0.717, 1.165) is 30.8 Å². The highest BCUT2D eigenvalue weighted by Gasteiger charge is 2.06. The first-order valence-electron chi connectivity index (χ1n) is 6.59. The molecule has 4 heteroatoms. The number of nitrogens with one attached hydrogen (secondary N) is 2. The van der Waals surface area contributed by atoms with Crippen molar-refractivity contribution in [1.82, 2.24) is 10.6 Å². The van der Waals surface area contributed by atoms with Gasteiger partial charge in [-0.3, -0.25) is 4.79 Å². The van der Waals surface area contributed by atoms with Crippen LogP contribution in [0.4, 0.5) is 0 Å². The third-order valence-corrected chi connectivity index (χ3v) is 3.03. The van der Waals surface area contributed by atoms with Crippen LogP contribution in [0.15, 0.2) is 35.9 Å². The fraction of sp³-hybridized carbons (Fsp3) is 0.400. The van der Waals surface area contributed by atoms with Gasteiger partial charge in [-0.05, 0) is 37.6 Å². The van der Waals surface area contributed by atoms with E-state index in [2.05, 4.69) is 16.7 Å². The van der Waals surface area contributed by atoms with Gasteiger partial charge in [0.2, 0.25) is 0 Å². The van der Waals surface area contributed by atoms with Crippen molar-refractivity contribution < 1.29 is 9.53 Å². The lowest BCUT2D eigenvalue weighted by molar-refractivity contribution is -0.122. The Labute approximate surface area is 113 Å². The van der Waals surface area contributed by atoms with Crippen LogP contribution in [0.3, 0.4) is 0 Å². The summed E-state index contributed by atoms with van der Waals surface area (Å²) in [6.45, 7) is 4.57. The predicted octanol–water partition coefficient (Wildman–Crippen LogP) is 1.41. The number of hydrogen-bond acceptors (Lipinski definition) is 3. The van der Waals surface area contributed by atoms with Crippen LogP contribution in [0.2, 0.25) is 0 Å². The smallest absolute Gasteiger partial charge is 0.258 e. The molecule has 1 aliphatic rings. The number of hydrogen-bond donors (Lipinski definition) is 2. The minimum atomic E-state index is -0.0825. The SMILES string of the molecule is Cc1cccc(OCC(=O)NCC2=CCNCC2)c1. The van der Waals surface area contributed by atoms with Gasteiger partial charge >= 0.3 is 0 Å². The Morgan fingerprint density at radius 3 is 3.11 bits per heavy atom. The first-order chi connectivity index (χ1) is 9.24. The van der Waals surface area contributed by atoms with Crippen LogP contribution < -0.4 is 15.4 Å². The van der Waals surface area contributed by atoms with Crippen molar-refractivity contribution >= 4 is 5.91 Å². The molecule has 102 valence electrons. The summed E-state index contributed by atoms with van der Waals surface area (Å²) >= 11 is 0. The predicted molar refractivity (Wildman–Crippen MR) is 75.3 cm³/mol. The molecule has 2 rings (SSSR count). The standard InChI is InChI=1S/C15H20N2O2/c1-12-3-2-4-14(9-12)19-11-15(18)17-10-13-5-7-16-8-6-13/h2-5,9,16H,6-8,10-11H2,1H3,(H,17,18). The molecule has 1 aromatic rings. The molecule has 0 aliphatic carbocycles. The monoisotopic (exact) mass is 260 g/mol. The second kappa shape index (κ2) is 6.95. The lowest BCUT2D eigenvalue weighted by atomic mass is 10.1. The van der Waals surface area contributed by atoms with Crippen LogP contribution >= 0.6 is 0 Å². The quantitative estimate of drug-likeness (QED) is 0.787. The van der Waals surface area contributed by atoms with Crippen molar-refractivity contribution in [3.05, 3.63) is 41.5 Å². The summed E-state index contributed by atoms with van der Waals surface area (Å²) < 4.78 is 5.44. The van der Waals surface area contributed by atoms with Crippen LogP contribution in [0.25, 0.3) is 0 Å². The molecule has 0 unspecified atom stereocenters. The molecule has 1 heterocycles. The van der Waals surface area contributed by atoms with Crippen LogP contribution in [-0.4, -0.2) is 32.1 Å². The highest BCUT2D eigenvalue weighted by atomic mass is 16.5.